The van der Waals surface area contributed by atoms with E-state index in [4.69, 9.17) is 0 Å². The number of hydrogen-bond acceptors (Lipinski definition) is 4. The molecule has 0 saturated heterocycles. The molecule has 0 amide bonds. The van der Waals surface area contributed by atoms with Gasteiger partial charge in [-0.3, -0.25) is 9.59 Å². The highest BCUT2D eigenvalue weighted by atomic mass is 32.2. The van der Waals surface area contributed by atoms with Gasteiger partial charge < -0.3 is 5.32 Å². The summed E-state index contributed by atoms with van der Waals surface area (Å²) in [6, 6.07) is 16.0. The summed E-state index contributed by atoms with van der Waals surface area (Å²) in [4.78, 5) is 27.9. The minimum Gasteiger partial charge on any atom is -0.358 e. The van der Waals surface area contributed by atoms with Crippen molar-refractivity contribution in [2.75, 3.05) is 6.26 Å². The summed E-state index contributed by atoms with van der Waals surface area (Å²) in [6.07, 6.45) is 3.36. The molecule has 0 radical (unpaired) electrons. The SMILES string of the molecule is CSc1ccc(C2C3=C(CC(C)(C)CC3=O)NC3=C2C(=O)c2ccccc23)cc1. The Morgan fingerprint density at radius 1 is 0.931 bits per heavy atom. The van der Waals surface area contributed by atoms with E-state index in [0.717, 1.165) is 45.7 Å². The van der Waals surface area contributed by atoms with E-state index < -0.39 is 0 Å². The van der Waals surface area contributed by atoms with Crippen LogP contribution in [-0.2, 0) is 4.79 Å². The highest BCUT2D eigenvalue weighted by Crippen LogP contribution is 2.51. The van der Waals surface area contributed by atoms with E-state index >= 15 is 0 Å². The number of dihydropyridines is 1. The Morgan fingerprint density at radius 2 is 1.62 bits per heavy atom. The molecule has 2 aromatic carbocycles. The van der Waals surface area contributed by atoms with Crippen molar-refractivity contribution < 1.29 is 9.59 Å². The first-order chi connectivity index (χ1) is 13.9. The predicted molar refractivity (Wildman–Crippen MR) is 117 cm³/mol. The Balaban J connectivity index is 1.73. The molecule has 5 rings (SSSR count). The number of carbonyl (C=O) groups excluding carboxylic acids is 2. The van der Waals surface area contributed by atoms with Gasteiger partial charge in [-0.25, -0.2) is 0 Å². The third kappa shape index (κ3) is 2.81. The van der Waals surface area contributed by atoms with E-state index in [2.05, 4.69) is 43.4 Å². The van der Waals surface area contributed by atoms with Crippen molar-refractivity contribution in [3.05, 3.63) is 82.1 Å². The first-order valence-electron chi connectivity index (χ1n) is 9.95. The van der Waals surface area contributed by atoms with Gasteiger partial charge in [0.25, 0.3) is 0 Å². The number of thioether (sulfide) groups is 1. The molecule has 1 unspecified atom stereocenters. The van der Waals surface area contributed by atoms with Crippen LogP contribution in [0.3, 0.4) is 0 Å². The molecule has 0 spiro atoms. The van der Waals surface area contributed by atoms with Crippen LogP contribution in [-0.4, -0.2) is 17.8 Å². The number of ketones is 2. The summed E-state index contributed by atoms with van der Waals surface area (Å²) < 4.78 is 0. The quantitative estimate of drug-likeness (QED) is 0.690. The maximum absolute atomic E-state index is 13.4. The standard InChI is InChI=1S/C25H23NO2S/c1-25(2)12-18-21(19(27)13-25)20(14-8-10-15(29-3)11-9-14)22-23(26-18)16-6-4-5-7-17(16)24(22)28/h4-11,20,26H,12-13H2,1-3H3. The molecule has 0 saturated carbocycles. The molecule has 0 fully saturated rings. The van der Waals surface area contributed by atoms with E-state index in [1.165, 1.54) is 4.90 Å². The first kappa shape index (κ1) is 18.4. The zero-order valence-corrected chi connectivity index (χ0v) is 17.7. The minimum atomic E-state index is -0.305. The average molecular weight is 402 g/mol. The molecular weight excluding hydrogens is 378 g/mol. The molecule has 29 heavy (non-hydrogen) atoms. The Labute approximate surface area is 175 Å². The van der Waals surface area contributed by atoms with Crippen molar-refractivity contribution in [3.63, 3.8) is 0 Å². The molecule has 3 nitrogen and oxygen atoms in total. The van der Waals surface area contributed by atoms with Gasteiger partial charge in [0.2, 0.25) is 0 Å². The summed E-state index contributed by atoms with van der Waals surface area (Å²) in [5.74, 6) is -0.120. The van der Waals surface area contributed by atoms with Crippen molar-refractivity contribution in [1.29, 1.82) is 0 Å². The van der Waals surface area contributed by atoms with Gasteiger partial charge in [-0.2, -0.15) is 0 Å². The Morgan fingerprint density at radius 3 is 2.31 bits per heavy atom. The monoisotopic (exact) mass is 401 g/mol. The summed E-state index contributed by atoms with van der Waals surface area (Å²) in [5, 5.41) is 3.53. The number of carbonyl (C=O) groups is 2. The van der Waals surface area contributed by atoms with Crippen LogP contribution in [0, 0.1) is 5.41 Å². The van der Waals surface area contributed by atoms with E-state index in [1.54, 1.807) is 11.8 Å². The molecule has 1 heterocycles. The van der Waals surface area contributed by atoms with Crippen LogP contribution in [0.2, 0.25) is 0 Å². The van der Waals surface area contributed by atoms with Gasteiger partial charge in [0, 0.05) is 45.2 Å². The van der Waals surface area contributed by atoms with Crippen LogP contribution in [0.25, 0.3) is 5.70 Å². The molecule has 1 N–H and O–H groups in total. The fraction of sp³-hybridized carbons (Fsp3) is 0.280. The molecule has 3 aliphatic rings. The smallest absolute Gasteiger partial charge is 0.192 e. The molecule has 0 bridgehead atoms. The molecular formula is C25H23NO2S. The lowest BCUT2D eigenvalue weighted by molar-refractivity contribution is -0.118. The molecule has 4 heteroatoms. The second kappa shape index (κ2) is 6.46. The van der Waals surface area contributed by atoms with Crippen molar-refractivity contribution in [1.82, 2.24) is 5.32 Å². The predicted octanol–water partition coefficient (Wildman–Crippen LogP) is 5.35. The Hall–Kier alpha value is -2.59. The maximum atomic E-state index is 13.4. The Bertz CT molecular complexity index is 1120. The van der Waals surface area contributed by atoms with Gasteiger partial charge in [0.15, 0.2) is 11.6 Å². The number of nitrogens with one attached hydrogen (secondary N) is 1. The fourth-order valence-electron chi connectivity index (χ4n) is 4.92. The van der Waals surface area contributed by atoms with E-state index in [-0.39, 0.29) is 22.9 Å². The highest BCUT2D eigenvalue weighted by Gasteiger charge is 2.46. The molecule has 1 atom stereocenters. The minimum absolute atomic E-state index is 0.0335. The van der Waals surface area contributed by atoms with E-state index in [1.807, 2.05) is 30.5 Å². The first-order valence-corrected chi connectivity index (χ1v) is 11.2. The summed E-state index contributed by atoms with van der Waals surface area (Å²) in [7, 11) is 0. The number of fused-ring (bicyclic) bond motifs is 2. The topological polar surface area (TPSA) is 46.2 Å². The largest absolute Gasteiger partial charge is 0.358 e. The van der Waals surface area contributed by atoms with Gasteiger partial charge in [-0.1, -0.05) is 50.2 Å². The number of allylic oxidation sites excluding steroid dienone is 3. The number of Topliss-reactive ketones (excluding diaryl/α,β-unsaturated/α-hetero) is 2. The Kier molecular flexibility index (Phi) is 4.11. The van der Waals surface area contributed by atoms with Crippen LogP contribution in [0.5, 0.6) is 0 Å². The lowest BCUT2D eigenvalue weighted by Gasteiger charge is -2.39. The van der Waals surface area contributed by atoms with Crippen LogP contribution in [0.4, 0.5) is 0 Å². The lowest BCUT2D eigenvalue weighted by atomic mass is 9.68. The highest BCUT2D eigenvalue weighted by molar-refractivity contribution is 7.98. The van der Waals surface area contributed by atoms with Crippen molar-refractivity contribution in [2.24, 2.45) is 5.41 Å². The molecule has 1 aliphatic heterocycles. The number of rotatable bonds is 2. The second-order valence-electron chi connectivity index (χ2n) is 8.83. The van der Waals surface area contributed by atoms with Gasteiger partial charge in [-0.05, 0) is 35.8 Å². The third-order valence-corrected chi connectivity index (χ3v) is 6.92. The molecule has 146 valence electrons. The maximum Gasteiger partial charge on any atom is 0.192 e. The molecule has 0 aromatic heterocycles. The summed E-state index contributed by atoms with van der Waals surface area (Å²) in [6.45, 7) is 4.27. The lowest BCUT2D eigenvalue weighted by Crippen LogP contribution is -2.37. The zero-order valence-electron chi connectivity index (χ0n) is 16.8. The van der Waals surface area contributed by atoms with Gasteiger partial charge in [0.1, 0.15) is 0 Å². The van der Waals surface area contributed by atoms with Crippen LogP contribution in [0.15, 0.2) is 70.3 Å². The fourth-order valence-corrected chi connectivity index (χ4v) is 5.33. The summed E-state index contributed by atoms with van der Waals surface area (Å²) in [5.41, 5.74) is 5.95. The molecule has 2 aliphatic carbocycles. The van der Waals surface area contributed by atoms with Gasteiger partial charge >= 0.3 is 0 Å². The van der Waals surface area contributed by atoms with Crippen LogP contribution >= 0.6 is 11.8 Å². The summed E-state index contributed by atoms with van der Waals surface area (Å²) >= 11 is 1.69. The van der Waals surface area contributed by atoms with Gasteiger partial charge in [-0.15, -0.1) is 11.8 Å². The normalized spacial score (nSPS) is 22.2. The van der Waals surface area contributed by atoms with Crippen molar-refractivity contribution in [2.45, 2.75) is 37.5 Å². The van der Waals surface area contributed by atoms with Gasteiger partial charge in [0.05, 0.1) is 5.70 Å². The number of benzene rings is 2. The zero-order chi connectivity index (χ0) is 20.3. The van der Waals surface area contributed by atoms with E-state index in [0.29, 0.717) is 6.42 Å². The number of hydrogen-bond donors (Lipinski definition) is 1. The van der Waals surface area contributed by atoms with Crippen LogP contribution < -0.4 is 5.32 Å². The average Bonchev–Trinajstić information content (AvgIpc) is 2.98. The third-order valence-electron chi connectivity index (χ3n) is 6.18. The van der Waals surface area contributed by atoms with E-state index in [9.17, 15) is 9.59 Å². The molecule has 2 aromatic rings. The van der Waals surface area contributed by atoms with Crippen molar-refractivity contribution >= 4 is 29.0 Å². The van der Waals surface area contributed by atoms with Crippen molar-refractivity contribution in [3.8, 4) is 0 Å². The van der Waals surface area contributed by atoms with Crippen LogP contribution in [0.1, 0.15) is 54.1 Å². The second-order valence-corrected chi connectivity index (χ2v) is 9.71.